The van der Waals surface area contributed by atoms with E-state index in [1.807, 2.05) is 0 Å². The summed E-state index contributed by atoms with van der Waals surface area (Å²) in [5.74, 6) is -1.34. The molecule has 0 amide bonds. The topological polar surface area (TPSA) is 277 Å². The third kappa shape index (κ3) is 5.21. The van der Waals surface area contributed by atoms with Gasteiger partial charge in [0.2, 0.25) is 6.29 Å². The molecule has 11 N–H and O–H groups in total. The predicted octanol–water partition coefficient (Wildman–Crippen LogP) is -3.62. The largest absolute Gasteiger partial charge is 0.432 e. The van der Waals surface area contributed by atoms with Crippen LogP contribution in [0.15, 0.2) is 0 Å². The molecule has 276 valence electrons. The van der Waals surface area contributed by atoms with Gasteiger partial charge < -0.3 is 75.1 Å². The highest BCUT2D eigenvalue weighted by molar-refractivity contribution is 5.78. The van der Waals surface area contributed by atoms with Gasteiger partial charge in [0.1, 0.15) is 60.0 Å². The second-order valence-electron chi connectivity index (χ2n) is 15.7. The highest BCUT2D eigenvalue weighted by Gasteiger charge is 2.74. The lowest BCUT2D eigenvalue weighted by molar-refractivity contribution is -0.349. The third-order valence-corrected chi connectivity index (χ3v) is 13.4. The van der Waals surface area contributed by atoms with E-state index in [9.17, 15) is 61.0 Å². The van der Waals surface area contributed by atoms with Crippen molar-refractivity contribution in [1.82, 2.24) is 0 Å². The molecule has 4 aliphatic carbocycles. The minimum atomic E-state index is -1.79. The first kappa shape index (κ1) is 36.7. The summed E-state index contributed by atoms with van der Waals surface area (Å²) in [5, 5.41) is 115. The summed E-state index contributed by atoms with van der Waals surface area (Å²) in [6.45, 7) is -0.510. The number of rotatable bonds is 8. The summed E-state index contributed by atoms with van der Waals surface area (Å²) in [5.41, 5.74) is -5.73. The number of aliphatic hydroxyl groups excluding tert-OH is 10. The molecule has 17 atom stereocenters. The molecule has 6 fully saturated rings. The van der Waals surface area contributed by atoms with Crippen molar-refractivity contribution in [3.8, 4) is 0 Å². The van der Waals surface area contributed by atoms with Crippen molar-refractivity contribution in [2.24, 2.45) is 28.1 Å². The maximum absolute atomic E-state index is 14.0. The maximum atomic E-state index is 14.0. The van der Waals surface area contributed by atoms with Crippen LogP contribution in [0.4, 0.5) is 0 Å². The van der Waals surface area contributed by atoms with Gasteiger partial charge in [-0.2, -0.15) is 0 Å². The Labute approximate surface area is 277 Å². The average Bonchev–Trinajstić information content (AvgIpc) is 3.25. The highest BCUT2D eigenvalue weighted by Crippen LogP contribution is 2.74. The molecule has 0 aromatic carbocycles. The van der Waals surface area contributed by atoms with Crippen LogP contribution in [-0.2, 0) is 23.7 Å². The Morgan fingerprint density at radius 2 is 1.29 bits per heavy atom. The number of hydrogen-bond acceptors (Lipinski definition) is 16. The fourth-order valence-electron chi connectivity index (χ4n) is 11.1. The quantitative estimate of drug-likeness (QED) is 0.0865. The molecule has 1 spiro atoms. The molecule has 2 bridgehead atoms. The number of esters is 1. The van der Waals surface area contributed by atoms with Gasteiger partial charge in [0.05, 0.1) is 31.8 Å². The Morgan fingerprint density at radius 1 is 0.708 bits per heavy atom. The molecule has 48 heavy (non-hydrogen) atoms. The predicted molar refractivity (Wildman–Crippen MR) is 158 cm³/mol. The molecule has 2 heterocycles. The molecule has 6 aliphatic rings. The van der Waals surface area contributed by atoms with Gasteiger partial charge in [0.15, 0.2) is 6.29 Å². The highest BCUT2D eigenvalue weighted by atomic mass is 16.7. The van der Waals surface area contributed by atoms with E-state index >= 15 is 0 Å². The van der Waals surface area contributed by atoms with E-state index in [4.69, 9.17) is 18.9 Å². The molecule has 0 radical (unpaired) electrons. The van der Waals surface area contributed by atoms with Crippen LogP contribution < -0.4 is 0 Å². The van der Waals surface area contributed by atoms with E-state index in [0.29, 0.717) is 32.1 Å². The average molecular weight is 693 g/mol. The van der Waals surface area contributed by atoms with Crippen molar-refractivity contribution in [2.75, 3.05) is 26.4 Å². The minimum absolute atomic E-state index is 0.109. The minimum Gasteiger partial charge on any atom is -0.432 e. The second-order valence-corrected chi connectivity index (χ2v) is 15.7. The van der Waals surface area contributed by atoms with Crippen molar-refractivity contribution in [1.29, 1.82) is 0 Å². The van der Waals surface area contributed by atoms with Crippen LogP contribution in [0.25, 0.3) is 0 Å². The smallest absolute Gasteiger partial charge is 0.317 e. The number of carbonyl (C=O) groups excluding carboxylic acids is 1. The fraction of sp³-hybridized carbons (Fsp3) is 0.969. The van der Waals surface area contributed by atoms with Crippen molar-refractivity contribution in [2.45, 2.75) is 137 Å². The summed E-state index contributed by atoms with van der Waals surface area (Å²) in [6, 6.07) is 0. The summed E-state index contributed by atoms with van der Waals surface area (Å²) < 4.78 is 23.1. The lowest BCUT2D eigenvalue weighted by Crippen LogP contribution is -2.65. The molecule has 16 nitrogen and oxygen atoms in total. The molecule has 16 heteroatoms. The number of hydrogen-bond donors (Lipinski definition) is 11. The van der Waals surface area contributed by atoms with E-state index in [1.165, 1.54) is 0 Å². The summed E-state index contributed by atoms with van der Waals surface area (Å²) >= 11 is 0. The maximum Gasteiger partial charge on any atom is 0.317 e. The van der Waals surface area contributed by atoms with Gasteiger partial charge in [-0.3, -0.25) is 4.79 Å². The van der Waals surface area contributed by atoms with Crippen LogP contribution in [0.1, 0.15) is 64.7 Å². The number of aliphatic hydroxyl groups is 11. The molecular weight excluding hydrogens is 640 g/mol. The van der Waals surface area contributed by atoms with Crippen molar-refractivity contribution < 1.29 is 79.9 Å². The first-order chi connectivity index (χ1) is 22.6. The fourth-order valence-corrected chi connectivity index (χ4v) is 11.1. The standard InChI is InChI=1S/C32H52O16/c1-28-5-2-6-30(13-35,27(43)47-25-23(41)21(39)19(37)15(9-33)45-25)18(28)3-7-29-11-31(44,14-36)32(12-29,8-4-17(28)29)48-26-24(42)22(40)20(38)16(10-34)46-26/h15-26,33-42,44H,2-14H2,1H3/t15-,16-,17+,18+,19-,20-,21+,22+,23-,24-,25+,26+,28+,29-,30+,31+,32+/m1/s1. The lowest BCUT2D eigenvalue weighted by Gasteiger charge is -2.64. The Morgan fingerprint density at radius 3 is 1.88 bits per heavy atom. The van der Waals surface area contributed by atoms with Crippen LogP contribution in [0.3, 0.4) is 0 Å². The normalized spacial score (nSPS) is 55.1. The molecule has 6 rings (SSSR count). The van der Waals surface area contributed by atoms with Crippen LogP contribution in [0.2, 0.25) is 0 Å². The molecule has 0 aromatic rings. The summed E-state index contributed by atoms with van der Waals surface area (Å²) in [6.07, 6.45) is -12.3. The molecule has 0 aromatic heterocycles. The number of carbonyl (C=O) groups is 1. The van der Waals surface area contributed by atoms with Gasteiger partial charge in [-0.05, 0) is 74.0 Å². The lowest BCUT2D eigenvalue weighted by atomic mass is 9.40. The van der Waals surface area contributed by atoms with Crippen LogP contribution >= 0.6 is 0 Å². The van der Waals surface area contributed by atoms with Gasteiger partial charge in [-0.15, -0.1) is 0 Å². The van der Waals surface area contributed by atoms with E-state index < -0.39 is 127 Å². The van der Waals surface area contributed by atoms with Gasteiger partial charge in [0, 0.05) is 0 Å². The third-order valence-electron chi connectivity index (χ3n) is 13.4. The molecular formula is C32H52O16. The second kappa shape index (κ2) is 12.8. The van der Waals surface area contributed by atoms with E-state index in [1.54, 1.807) is 0 Å². The van der Waals surface area contributed by atoms with E-state index in [-0.39, 0.29) is 31.6 Å². The van der Waals surface area contributed by atoms with Gasteiger partial charge in [-0.1, -0.05) is 13.3 Å². The SMILES string of the molecule is C[C@@]12CCC[C@@](CO)(C(=O)O[C@@H]3O[C@H](CO)[C@@H](O)[C@H](O)[C@H]3O)[C@H]1CC[C@]13C[C@](O)(CO)[C@](O[C@@H]4O[C@H](CO)[C@@H](O)[C@H](O)[C@H]4O)(CC[C@H]12)C3. The van der Waals surface area contributed by atoms with Crippen molar-refractivity contribution in [3.63, 3.8) is 0 Å². The number of fused-ring (bicyclic) bond motifs is 3. The van der Waals surface area contributed by atoms with Crippen LogP contribution in [0.5, 0.6) is 0 Å². The molecule has 4 saturated carbocycles. The monoisotopic (exact) mass is 692 g/mol. The zero-order valence-electron chi connectivity index (χ0n) is 27.1. The van der Waals surface area contributed by atoms with Crippen LogP contribution in [-0.4, -0.2) is 161 Å². The van der Waals surface area contributed by atoms with Crippen LogP contribution in [0, 0.1) is 28.1 Å². The Kier molecular flexibility index (Phi) is 9.82. The number of ether oxygens (including phenoxy) is 4. The van der Waals surface area contributed by atoms with E-state index in [2.05, 4.69) is 6.92 Å². The zero-order valence-corrected chi connectivity index (χ0v) is 27.1. The molecule has 2 aliphatic heterocycles. The van der Waals surface area contributed by atoms with Gasteiger partial charge in [0.25, 0.3) is 0 Å². The van der Waals surface area contributed by atoms with Gasteiger partial charge >= 0.3 is 5.97 Å². The summed E-state index contributed by atoms with van der Waals surface area (Å²) in [4.78, 5) is 14.0. The van der Waals surface area contributed by atoms with Crippen molar-refractivity contribution >= 4 is 5.97 Å². The van der Waals surface area contributed by atoms with Gasteiger partial charge in [-0.25, -0.2) is 0 Å². The Bertz CT molecular complexity index is 1190. The van der Waals surface area contributed by atoms with Crippen molar-refractivity contribution in [3.05, 3.63) is 0 Å². The zero-order chi connectivity index (χ0) is 35.0. The first-order valence-electron chi connectivity index (χ1n) is 17.1. The Hall–Kier alpha value is -1.09. The molecule has 0 unspecified atom stereocenters. The Balaban J connectivity index is 1.26. The summed E-state index contributed by atoms with van der Waals surface area (Å²) in [7, 11) is 0. The van der Waals surface area contributed by atoms with E-state index in [0.717, 1.165) is 0 Å². The first-order valence-corrected chi connectivity index (χ1v) is 17.1. The molecule has 2 saturated heterocycles.